The number of carboxylic acid groups (broad SMARTS) is 1. The van der Waals surface area contributed by atoms with Crippen LogP contribution in [0.4, 0.5) is 0 Å². The molecule has 0 aliphatic heterocycles. The van der Waals surface area contributed by atoms with Crippen molar-refractivity contribution in [1.29, 1.82) is 0 Å². The molecule has 1 amide bonds. The molecule has 1 rings (SSSR count). The number of aryl methyl sites for hydroxylation is 1. The first kappa shape index (κ1) is 14.2. The summed E-state index contributed by atoms with van der Waals surface area (Å²) < 4.78 is 4.70. The zero-order valence-electron chi connectivity index (χ0n) is 10.1. The van der Waals surface area contributed by atoms with Crippen molar-refractivity contribution in [1.82, 2.24) is 5.32 Å². The molecular formula is C13H17NO4. The first-order valence-corrected chi connectivity index (χ1v) is 5.78. The Kier molecular flexibility index (Phi) is 6.50. The average Bonchev–Trinajstić information content (AvgIpc) is 2.36. The highest BCUT2D eigenvalue weighted by Gasteiger charge is 2.02. The number of carbonyl (C=O) groups excluding carboxylic acids is 1. The van der Waals surface area contributed by atoms with Crippen LogP contribution in [-0.2, 0) is 20.7 Å². The Balaban J connectivity index is 2.05. The molecule has 1 aromatic carbocycles. The molecule has 0 aromatic heterocycles. The van der Waals surface area contributed by atoms with Crippen molar-refractivity contribution >= 4 is 11.9 Å². The Morgan fingerprint density at radius 1 is 1.22 bits per heavy atom. The molecule has 0 aliphatic carbocycles. The standard InChI is InChI=1S/C13H17NO4/c15-12(14-10-18-9-13(16)17)8-4-7-11-5-2-1-3-6-11/h1-3,5-6H,4,7-10H2,(H,14,15)(H,16,17). The number of carboxylic acids is 1. The number of aliphatic carboxylic acids is 1. The van der Waals surface area contributed by atoms with Crippen molar-refractivity contribution in [3.63, 3.8) is 0 Å². The summed E-state index contributed by atoms with van der Waals surface area (Å²) in [6.45, 7) is -0.458. The molecular weight excluding hydrogens is 234 g/mol. The lowest BCUT2D eigenvalue weighted by Gasteiger charge is -2.05. The summed E-state index contributed by atoms with van der Waals surface area (Å²) in [5.41, 5.74) is 1.20. The minimum absolute atomic E-state index is 0.0591. The van der Waals surface area contributed by atoms with Gasteiger partial charge in [-0.3, -0.25) is 4.79 Å². The number of rotatable bonds is 8. The summed E-state index contributed by atoms with van der Waals surface area (Å²) in [5, 5.41) is 10.8. The normalized spacial score (nSPS) is 10.0. The number of amides is 1. The third kappa shape index (κ3) is 6.65. The zero-order valence-corrected chi connectivity index (χ0v) is 10.1. The van der Waals surface area contributed by atoms with Gasteiger partial charge in [0.15, 0.2) is 0 Å². The van der Waals surface area contributed by atoms with E-state index >= 15 is 0 Å². The Hall–Kier alpha value is -1.88. The summed E-state index contributed by atoms with van der Waals surface area (Å²) in [7, 11) is 0. The van der Waals surface area contributed by atoms with Gasteiger partial charge in [-0.15, -0.1) is 0 Å². The van der Waals surface area contributed by atoms with E-state index in [0.29, 0.717) is 6.42 Å². The van der Waals surface area contributed by atoms with Gasteiger partial charge in [0.2, 0.25) is 5.91 Å². The van der Waals surface area contributed by atoms with Crippen molar-refractivity contribution in [3.05, 3.63) is 35.9 Å². The van der Waals surface area contributed by atoms with Gasteiger partial charge in [-0.25, -0.2) is 4.79 Å². The monoisotopic (exact) mass is 251 g/mol. The molecule has 0 fully saturated rings. The predicted octanol–water partition coefficient (Wildman–Crippen LogP) is 1.18. The second-order valence-corrected chi connectivity index (χ2v) is 3.83. The van der Waals surface area contributed by atoms with Gasteiger partial charge in [-0.2, -0.15) is 0 Å². The topological polar surface area (TPSA) is 75.6 Å². The van der Waals surface area contributed by atoms with E-state index in [1.54, 1.807) is 0 Å². The Bertz CT molecular complexity index is 378. The molecule has 18 heavy (non-hydrogen) atoms. The molecule has 2 N–H and O–H groups in total. The molecule has 5 heteroatoms. The lowest BCUT2D eigenvalue weighted by atomic mass is 10.1. The molecule has 0 saturated heterocycles. The van der Waals surface area contributed by atoms with Crippen LogP contribution >= 0.6 is 0 Å². The highest BCUT2D eigenvalue weighted by molar-refractivity contribution is 5.75. The van der Waals surface area contributed by atoms with Gasteiger partial charge < -0.3 is 15.2 Å². The van der Waals surface area contributed by atoms with Crippen molar-refractivity contribution in [2.75, 3.05) is 13.3 Å². The van der Waals surface area contributed by atoms with Crippen LogP contribution in [0.15, 0.2) is 30.3 Å². The fraction of sp³-hybridized carbons (Fsp3) is 0.385. The molecule has 0 aliphatic rings. The summed E-state index contributed by atoms with van der Waals surface area (Å²) in [6, 6.07) is 9.93. The quantitative estimate of drug-likeness (QED) is 0.537. The van der Waals surface area contributed by atoms with Crippen molar-refractivity contribution in [3.8, 4) is 0 Å². The van der Waals surface area contributed by atoms with E-state index in [0.717, 1.165) is 12.8 Å². The van der Waals surface area contributed by atoms with Crippen molar-refractivity contribution in [2.24, 2.45) is 0 Å². The lowest BCUT2D eigenvalue weighted by molar-refractivity contribution is -0.143. The van der Waals surface area contributed by atoms with Crippen LogP contribution in [0.1, 0.15) is 18.4 Å². The number of benzene rings is 1. The van der Waals surface area contributed by atoms with E-state index in [4.69, 9.17) is 9.84 Å². The molecule has 5 nitrogen and oxygen atoms in total. The van der Waals surface area contributed by atoms with E-state index in [2.05, 4.69) is 5.32 Å². The fourth-order valence-corrected chi connectivity index (χ4v) is 1.46. The van der Waals surface area contributed by atoms with Crippen LogP contribution in [0.5, 0.6) is 0 Å². The average molecular weight is 251 g/mol. The molecule has 0 radical (unpaired) electrons. The van der Waals surface area contributed by atoms with Gasteiger partial charge in [0.05, 0.1) is 0 Å². The van der Waals surface area contributed by atoms with Crippen LogP contribution in [0.25, 0.3) is 0 Å². The molecule has 98 valence electrons. The Morgan fingerprint density at radius 3 is 2.61 bits per heavy atom. The minimum Gasteiger partial charge on any atom is -0.480 e. The highest BCUT2D eigenvalue weighted by atomic mass is 16.5. The van der Waals surface area contributed by atoms with E-state index in [1.165, 1.54) is 5.56 Å². The van der Waals surface area contributed by atoms with Crippen LogP contribution in [0.2, 0.25) is 0 Å². The van der Waals surface area contributed by atoms with Gasteiger partial charge >= 0.3 is 5.97 Å². The van der Waals surface area contributed by atoms with Crippen LogP contribution in [-0.4, -0.2) is 30.3 Å². The van der Waals surface area contributed by atoms with Crippen molar-refractivity contribution in [2.45, 2.75) is 19.3 Å². The third-order valence-corrected chi connectivity index (χ3v) is 2.31. The molecule has 0 atom stereocenters. The van der Waals surface area contributed by atoms with Gasteiger partial charge in [-0.1, -0.05) is 30.3 Å². The lowest BCUT2D eigenvalue weighted by Crippen LogP contribution is -2.27. The van der Waals surface area contributed by atoms with Crippen LogP contribution < -0.4 is 5.32 Å². The molecule has 0 saturated carbocycles. The summed E-state index contributed by atoms with van der Waals surface area (Å²) in [4.78, 5) is 21.5. The van der Waals surface area contributed by atoms with Gasteiger partial charge in [-0.05, 0) is 18.4 Å². The maximum absolute atomic E-state index is 11.3. The number of carbonyl (C=O) groups is 2. The van der Waals surface area contributed by atoms with Crippen LogP contribution in [0, 0.1) is 0 Å². The van der Waals surface area contributed by atoms with E-state index < -0.39 is 12.6 Å². The molecule has 1 aromatic rings. The number of ether oxygens (including phenoxy) is 1. The van der Waals surface area contributed by atoms with Crippen LogP contribution in [0.3, 0.4) is 0 Å². The predicted molar refractivity (Wildman–Crippen MR) is 66.0 cm³/mol. The molecule has 0 unspecified atom stereocenters. The fourth-order valence-electron chi connectivity index (χ4n) is 1.46. The molecule has 0 bridgehead atoms. The second kappa shape index (κ2) is 8.25. The van der Waals surface area contributed by atoms with E-state index in [1.807, 2.05) is 30.3 Å². The summed E-state index contributed by atoms with van der Waals surface area (Å²) in [5.74, 6) is -1.18. The number of hydrogen-bond donors (Lipinski definition) is 2. The smallest absolute Gasteiger partial charge is 0.329 e. The number of hydrogen-bond acceptors (Lipinski definition) is 3. The molecule has 0 spiro atoms. The largest absolute Gasteiger partial charge is 0.480 e. The number of nitrogens with one attached hydrogen (secondary N) is 1. The maximum atomic E-state index is 11.3. The highest BCUT2D eigenvalue weighted by Crippen LogP contribution is 2.04. The van der Waals surface area contributed by atoms with E-state index in [9.17, 15) is 9.59 Å². The third-order valence-electron chi connectivity index (χ3n) is 2.31. The first-order valence-electron chi connectivity index (χ1n) is 5.78. The van der Waals surface area contributed by atoms with E-state index in [-0.39, 0.29) is 12.6 Å². The Labute approximate surface area is 106 Å². The SMILES string of the molecule is O=C(O)COCNC(=O)CCCc1ccccc1. The van der Waals surface area contributed by atoms with Gasteiger partial charge in [0.1, 0.15) is 13.3 Å². The zero-order chi connectivity index (χ0) is 13.2. The first-order chi connectivity index (χ1) is 8.68. The summed E-state index contributed by atoms with van der Waals surface area (Å²) >= 11 is 0. The maximum Gasteiger partial charge on any atom is 0.329 e. The second-order valence-electron chi connectivity index (χ2n) is 3.83. The Morgan fingerprint density at radius 2 is 1.94 bits per heavy atom. The molecule has 0 heterocycles. The minimum atomic E-state index is -1.05. The summed E-state index contributed by atoms with van der Waals surface area (Å²) in [6.07, 6.45) is 2.02. The van der Waals surface area contributed by atoms with Crippen molar-refractivity contribution < 1.29 is 19.4 Å². The van der Waals surface area contributed by atoms with Gasteiger partial charge in [0, 0.05) is 6.42 Å². The van der Waals surface area contributed by atoms with Gasteiger partial charge in [0.25, 0.3) is 0 Å².